The van der Waals surface area contributed by atoms with Gasteiger partial charge in [-0.05, 0) is 0 Å². The van der Waals surface area contributed by atoms with Crippen LogP contribution in [0.5, 0.6) is 0 Å². The predicted molar refractivity (Wildman–Crippen MR) is 158 cm³/mol. The largest absolute Gasteiger partial charge is 0.0819 e. The van der Waals surface area contributed by atoms with E-state index in [2.05, 4.69) is 0 Å². The zero-order valence-electron chi connectivity index (χ0n) is 15.0. The van der Waals surface area contributed by atoms with E-state index in [0.29, 0.717) is 0 Å². The minimum Gasteiger partial charge on any atom is -0.0819 e. The van der Waals surface area contributed by atoms with Gasteiger partial charge in [0, 0.05) is 11.1 Å². The molecule has 0 heterocycles. The van der Waals surface area contributed by atoms with Crippen LogP contribution in [0, 0.1) is 0 Å². The van der Waals surface area contributed by atoms with Gasteiger partial charge in [0.1, 0.15) is 0 Å². The lowest BCUT2D eigenvalue weighted by molar-refractivity contribution is 1.60. The highest BCUT2D eigenvalue weighted by atomic mass is 35.5. The van der Waals surface area contributed by atoms with Crippen molar-refractivity contribution >= 4 is 186 Å². The number of hydrogen-bond donors (Lipinski definition) is 0. The van der Waals surface area contributed by atoms with E-state index < -0.39 is 0 Å². The van der Waals surface area contributed by atoms with E-state index in [9.17, 15) is 0 Å². The maximum absolute atomic E-state index is 6.20. The molecule has 0 saturated heterocycles. The number of hydrogen-bond acceptors (Lipinski definition) is 0. The summed E-state index contributed by atoms with van der Waals surface area (Å²) in [4.78, 5) is 0. The molecule has 0 atom stereocenters. The summed E-state index contributed by atoms with van der Waals surface area (Å²) >= 11 is 94.9. The standard InChI is InChI=1S/C12Cl10.C6Cl6/c13-3-1(4(14)8(18)11(21)7(3)17)2-5(15)9(19)12(22)10(20)6(2)16;7-1-2(8)4(10)6(12)5(11)3(1)9. The fourth-order valence-electron chi connectivity index (χ4n) is 2.23. The molecule has 0 bridgehead atoms. The molecule has 3 rings (SSSR count). The first-order chi connectivity index (χ1) is 15.6. The van der Waals surface area contributed by atoms with Crippen LogP contribution >= 0.6 is 186 Å². The van der Waals surface area contributed by atoms with E-state index in [1.807, 2.05) is 0 Å². The Morgan fingerprint density at radius 3 is 0.353 bits per heavy atom. The normalized spacial score (nSPS) is 10.9. The van der Waals surface area contributed by atoms with Gasteiger partial charge in [-0.15, -0.1) is 0 Å². The monoisotopic (exact) mass is 776 g/mol. The minimum absolute atomic E-state index is 0.000450. The molecule has 0 aliphatic carbocycles. The van der Waals surface area contributed by atoms with Crippen LogP contribution in [-0.2, 0) is 0 Å². The van der Waals surface area contributed by atoms with Gasteiger partial charge in [0.05, 0.1) is 80.4 Å². The van der Waals surface area contributed by atoms with Gasteiger partial charge in [-0.3, -0.25) is 0 Å². The Bertz CT molecular complexity index is 1080. The quantitative estimate of drug-likeness (QED) is 0.170. The number of rotatable bonds is 1. The van der Waals surface area contributed by atoms with E-state index >= 15 is 0 Å². The van der Waals surface area contributed by atoms with Crippen LogP contribution in [0.2, 0.25) is 80.4 Å². The highest BCUT2D eigenvalue weighted by Gasteiger charge is 2.27. The number of benzene rings is 3. The van der Waals surface area contributed by atoms with Crippen LogP contribution in [0.4, 0.5) is 0 Å². The molecule has 0 nitrogen and oxygen atoms in total. The zero-order valence-corrected chi connectivity index (χ0v) is 27.1. The smallest absolute Gasteiger partial charge is 0.0810 e. The molecule has 0 spiro atoms. The van der Waals surface area contributed by atoms with E-state index in [4.69, 9.17) is 186 Å². The Morgan fingerprint density at radius 2 is 0.235 bits per heavy atom. The highest BCUT2D eigenvalue weighted by molar-refractivity contribution is 6.61. The van der Waals surface area contributed by atoms with Crippen molar-refractivity contribution in [1.82, 2.24) is 0 Å². The first-order valence-electron chi connectivity index (χ1n) is 7.77. The fourth-order valence-corrected chi connectivity index (χ4v) is 6.31. The van der Waals surface area contributed by atoms with Crippen molar-refractivity contribution in [2.75, 3.05) is 0 Å². The molecule has 16 heteroatoms. The third-order valence-electron chi connectivity index (χ3n) is 3.83. The van der Waals surface area contributed by atoms with Crippen LogP contribution in [0.3, 0.4) is 0 Å². The molecule has 0 unspecified atom stereocenters. The summed E-state index contributed by atoms with van der Waals surface area (Å²) in [7, 11) is 0. The van der Waals surface area contributed by atoms with Gasteiger partial charge in [0.25, 0.3) is 0 Å². The summed E-state index contributed by atoms with van der Waals surface area (Å²) in [6, 6.07) is 0. The molecule has 34 heavy (non-hydrogen) atoms. The van der Waals surface area contributed by atoms with Crippen molar-refractivity contribution < 1.29 is 0 Å². The lowest BCUT2D eigenvalue weighted by Crippen LogP contribution is -1.91. The van der Waals surface area contributed by atoms with Gasteiger partial charge in [-0.25, -0.2) is 0 Å². The van der Waals surface area contributed by atoms with Crippen molar-refractivity contribution in [2.45, 2.75) is 0 Å². The maximum Gasteiger partial charge on any atom is 0.0810 e. The average molecular weight is 783 g/mol. The highest BCUT2D eigenvalue weighted by Crippen LogP contribution is 2.55. The van der Waals surface area contributed by atoms with Gasteiger partial charge >= 0.3 is 0 Å². The molecule has 0 N–H and O–H groups in total. The zero-order chi connectivity index (χ0) is 26.4. The molecule has 0 saturated carbocycles. The molecule has 184 valence electrons. The second-order valence-electron chi connectivity index (χ2n) is 5.77. The molecule has 0 fully saturated rings. The molecular weight excluding hydrogens is 783 g/mol. The molecular formula is C18Cl16. The lowest BCUT2D eigenvalue weighted by atomic mass is 10.0. The second kappa shape index (κ2) is 13.1. The topological polar surface area (TPSA) is 0 Å². The third-order valence-corrected chi connectivity index (χ3v) is 11.2. The second-order valence-corrected chi connectivity index (χ2v) is 11.8. The third kappa shape index (κ3) is 6.20. The van der Waals surface area contributed by atoms with E-state index in [1.54, 1.807) is 0 Å². The molecule has 0 amide bonds. The van der Waals surface area contributed by atoms with E-state index in [0.717, 1.165) is 0 Å². The van der Waals surface area contributed by atoms with E-state index in [-0.39, 0.29) is 91.5 Å². The van der Waals surface area contributed by atoms with Crippen molar-refractivity contribution in [3.63, 3.8) is 0 Å². The summed E-state index contributed by atoms with van der Waals surface area (Å²) < 4.78 is 0. The van der Waals surface area contributed by atoms with Crippen molar-refractivity contribution in [3.05, 3.63) is 80.4 Å². The van der Waals surface area contributed by atoms with E-state index in [1.165, 1.54) is 0 Å². The minimum atomic E-state index is -0.0120. The lowest BCUT2D eigenvalue weighted by Gasteiger charge is -2.17. The summed E-state index contributed by atoms with van der Waals surface area (Å²) in [6.45, 7) is 0. The van der Waals surface area contributed by atoms with Crippen LogP contribution in [0.25, 0.3) is 11.1 Å². The molecule has 0 aliphatic heterocycles. The van der Waals surface area contributed by atoms with Gasteiger partial charge in [0.2, 0.25) is 0 Å². The summed E-state index contributed by atoms with van der Waals surface area (Å²) in [5.74, 6) is 0. The Hall–Kier alpha value is 2.30. The molecule has 3 aromatic rings. The van der Waals surface area contributed by atoms with Gasteiger partial charge < -0.3 is 0 Å². The van der Waals surface area contributed by atoms with Crippen molar-refractivity contribution in [2.24, 2.45) is 0 Å². The SMILES string of the molecule is Clc1c(Cl)c(Cl)c(-c2c(Cl)c(Cl)c(Cl)c(Cl)c2Cl)c(Cl)c1Cl.Clc1c(Cl)c(Cl)c(Cl)c(Cl)c1Cl. The Morgan fingerprint density at radius 1 is 0.147 bits per heavy atom. The fraction of sp³-hybridized carbons (Fsp3) is 0. The molecule has 0 aliphatic rings. The van der Waals surface area contributed by atoms with Crippen molar-refractivity contribution in [1.29, 1.82) is 0 Å². The molecule has 0 aromatic heterocycles. The summed E-state index contributed by atoms with van der Waals surface area (Å²) in [6.07, 6.45) is 0. The average Bonchev–Trinajstić information content (AvgIpc) is 2.82. The Kier molecular flexibility index (Phi) is 12.5. The van der Waals surface area contributed by atoms with Gasteiger partial charge in [0.15, 0.2) is 0 Å². The van der Waals surface area contributed by atoms with Gasteiger partial charge in [-0.1, -0.05) is 186 Å². The van der Waals surface area contributed by atoms with Crippen LogP contribution < -0.4 is 0 Å². The van der Waals surface area contributed by atoms with Crippen molar-refractivity contribution in [3.8, 4) is 11.1 Å². The summed E-state index contributed by atoms with van der Waals surface area (Å²) in [5.41, 5.74) is 0.302. The first-order valence-corrected chi connectivity index (χ1v) is 13.8. The molecule has 3 aromatic carbocycles. The van der Waals surface area contributed by atoms with Crippen LogP contribution in [0.15, 0.2) is 0 Å². The Balaban J connectivity index is 0.000000287. The van der Waals surface area contributed by atoms with Crippen LogP contribution in [0.1, 0.15) is 0 Å². The Labute approximate surface area is 273 Å². The maximum atomic E-state index is 6.20. The first kappa shape index (κ1) is 32.5. The number of halogens is 16. The van der Waals surface area contributed by atoms with Crippen LogP contribution in [-0.4, -0.2) is 0 Å². The predicted octanol–water partition coefficient (Wildman–Crippen LogP) is 15.5. The summed E-state index contributed by atoms with van der Waals surface area (Å²) in [5, 5.41) is 0.605. The molecule has 0 radical (unpaired) electrons. The van der Waals surface area contributed by atoms with Gasteiger partial charge in [-0.2, -0.15) is 0 Å².